The highest BCUT2D eigenvalue weighted by atomic mass is 35.5. The maximum absolute atomic E-state index is 9.78. The normalized spacial score (nSPS) is 11.3. The van der Waals surface area contributed by atoms with Crippen molar-refractivity contribution >= 4 is 39.2 Å². The molecule has 0 aliphatic rings. The molecular weight excluding hydrogens is 226 g/mol. The van der Waals surface area contributed by atoms with Gasteiger partial charge in [0.25, 0.3) is 0 Å². The predicted octanol–water partition coefficient (Wildman–Crippen LogP) is 3.53. The van der Waals surface area contributed by atoms with E-state index >= 15 is 0 Å². The summed E-state index contributed by atoms with van der Waals surface area (Å²) in [4.78, 5) is 0. The minimum absolute atomic E-state index is 0.0233. The van der Waals surface area contributed by atoms with Crippen LogP contribution < -0.4 is 5.73 Å². The van der Waals surface area contributed by atoms with Gasteiger partial charge in [-0.2, -0.15) is 0 Å². The minimum atomic E-state index is -0.0233. The lowest BCUT2D eigenvalue weighted by Crippen LogP contribution is -1.84. The summed E-state index contributed by atoms with van der Waals surface area (Å²) in [5.74, 6) is -0.0233. The third-order valence-corrected chi connectivity index (χ3v) is 2.84. The highest BCUT2D eigenvalue weighted by molar-refractivity contribution is 6.31. The number of halogens is 1. The smallest absolute Gasteiger partial charge is 0.182 e. The van der Waals surface area contributed by atoms with Crippen molar-refractivity contribution in [3.63, 3.8) is 0 Å². The maximum atomic E-state index is 9.78. The van der Waals surface area contributed by atoms with Crippen LogP contribution in [0.3, 0.4) is 0 Å². The lowest BCUT2D eigenvalue weighted by Gasteiger charge is -1.97. The first-order valence-electron chi connectivity index (χ1n) is 4.76. The Morgan fingerprint density at radius 3 is 2.69 bits per heavy atom. The fraction of sp³-hybridized carbons (Fsp3) is 0. The number of phenols is 1. The van der Waals surface area contributed by atoms with Crippen molar-refractivity contribution in [3.8, 4) is 5.75 Å². The number of phenolic OH excluding ortho intramolecular Hbond substituents is 1. The standard InChI is InChI=1S/C12H8ClNO2/c13-6-1-2-7-8-3-4-9(14)11(15)12(8)16-10(7)5-6/h1-5,15H,14H2. The molecular formula is C12H8ClNO2. The monoisotopic (exact) mass is 233 g/mol. The van der Waals surface area contributed by atoms with E-state index in [0.717, 1.165) is 10.8 Å². The lowest BCUT2D eigenvalue weighted by molar-refractivity contribution is 0.471. The number of hydrogen-bond acceptors (Lipinski definition) is 3. The second-order valence-corrected chi connectivity index (χ2v) is 4.06. The van der Waals surface area contributed by atoms with Crippen molar-refractivity contribution < 1.29 is 9.52 Å². The van der Waals surface area contributed by atoms with E-state index in [1.807, 2.05) is 12.1 Å². The summed E-state index contributed by atoms with van der Waals surface area (Å²) in [6, 6.07) is 8.84. The highest BCUT2D eigenvalue weighted by Gasteiger charge is 2.12. The molecule has 3 aromatic rings. The molecule has 3 rings (SSSR count). The van der Waals surface area contributed by atoms with Crippen molar-refractivity contribution in [3.05, 3.63) is 35.4 Å². The average molecular weight is 234 g/mol. The number of fused-ring (bicyclic) bond motifs is 3. The zero-order chi connectivity index (χ0) is 11.3. The first-order valence-corrected chi connectivity index (χ1v) is 5.14. The van der Waals surface area contributed by atoms with Crippen LogP contribution in [0.1, 0.15) is 0 Å². The van der Waals surface area contributed by atoms with Crippen LogP contribution in [0.5, 0.6) is 5.75 Å². The molecule has 0 unspecified atom stereocenters. The topological polar surface area (TPSA) is 59.4 Å². The summed E-state index contributed by atoms with van der Waals surface area (Å²) >= 11 is 5.87. The maximum Gasteiger partial charge on any atom is 0.182 e. The van der Waals surface area contributed by atoms with E-state index in [2.05, 4.69) is 0 Å². The van der Waals surface area contributed by atoms with Crippen LogP contribution >= 0.6 is 11.6 Å². The van der Waals surface area contributed by atoms with Crippen LogP contribution in [0.15, 0.2) is 34.7 Å². The first kappa shape index (κ1) is 9.36. The molecule has 0 saturated heterocycles. The molecule has 16 heavy (non-hydrogen) atoms. The molecule has 0 amide bonds. The second-order valence-electron chi connectivity index (χ2n) is 3.62. The molecule has 0 bridgehead atoms. The fourth-order valence-corrected chi connectivity index (χ4v) is 1.98. The lowest BCUT2D eigenvalue weighted by atomic mass is 10.1. The van der Waals surface area contributed by atoms with Crippen molar-refractivity contribution in [2.75, 3.05) is 5.73 Å². The van der Waals surface area contributed by atoms with Gasteiger partial charge in [-0.05, 0) is 24.3 Å². The predicted molar refractivity (Wildman–Crippen MR) is 64.8 cm³/mol. The van der Waals surface area contributed by atoms with E-state index < -0.39 is 0 Å². The molecule has 1 heterocycles. The van der Waals surface area contributed by atoms with Crippen molar-refractivity contribution in [2.24, 2.45) is 0 Å². The Balaban J connectivity index is 2.55. The van der Waals surface area contributed by atoms with E-state index in [4.69, 9.17) is 21.8 Å². The number of benzene rings is 2. The van der Waals surface area contributed by atoms with Gasteiger partial charge in [0.2, 0.25) is 0 Å². The van der Waals surface area contributed by atoms with Gasteiger partial charge in [0.15, 0.2) is 11.3 Å². The van der Waals surface area contributed by atoms with Crippen LogP contribution in [-0.2, 0) is 0 Å². The third-order valence-electron chi connectivity index (χ3n) is 2.61. The molecule has 80 valence electrons. The molecule has 0 radical (unpaired) electrons. The molecule has 4 heteroatoms. The number of anilines is 1. The summed E-state index contributed by atoms with van der Waals surface area (Å²) in [5.41, 5.74) is 6.95. The Bertz CT molecular complexity index is 703. The van der Waals surface area contributed by atoms with Gasteiger partial charge in [0, 0.05) is 21.9 Å². The largest absolute Gasteiger partial charge is 0.503 e. The Hall–Kier alpha value is -1.87. The SMILES string of the molecule is Nc1ccc2c(oc3cc(Cl)ccc32)c1O. The molecule has 0 spiro atoms. The van der Waals surface area contributed by atoms with E-state index in [9.17, 15) is 5.11 Å². The van der Waals surface area contributed by atoms with Crippen LogP contribution in [0.25, 0.3) is 21.9 Å². The van der Waals surface area contributed by atoms with Crippen molar-refractivity contribution in [1.29, 1.82) is 0 Å². The van der Waals surface area contributed by atoms with Gasteiger partial charge in [0.1, 0.15) is 5.58 Å². The van der Waals surface area contributed by atoms with E-state index in [0.29, 0.717) is 21.9 Å². The molecule has 0 saturated carbocycles. The van der Waals surface area contributed by atoms with Gasteiger partial charge >= 0.3 is 0 Å². The summed E-state index contributed by atoms with van der Waals surface area (Å²) in [6.07, 6.45) is 0. The van der Waals surface area contributed by atoms with Crippen LogP contribution in [-0.4, -0.2) is 5.11 Å². The Morgan fingerprint density at radius 1 is 1.12 bits per heavy atom. The first-order chi connectivity index (χ1) is 7.66. The van der Waals surface area contributed by atoms with Gasteiger partial charge in [-0.1, -0.05) is 11.6 Å². The van der Waals surface area contributed by atoms with Crippen LogP contribution in [0, 0.1) is 0 Å². The minimum Gasteiger partial charge on any atom is -0.503 e. The van der Waals surface area contributed by atoms with E-state index in [1.165, 1.54) is 0 Å². The fourth-order valence-electron chi connectivity index (χ4n) is 1.81. The second kappa shape index (κ2) is 3.06. The summed E-state index contributed by atoms with van der Waals surface area (Å²) < 4.78 is 5.53. The van der Waals surface area contributed by atoms with E-state index in [1.54, 1.807) is 18.2 Å². The van der Waals surface area contributed by atoms with Crippen molar-refractivity contribution in [1.82, 2.24) is 0 Å². The number of hydrogen-bond donors (Lipinski definition) is 2. The number of rotatable bonds is 0. The Morgan fingerprint density at radius 2 is 1.88 bits per heavy atom. The summed E-state index contributed by atoms with van der Waals surface area (Å²) in [6.45, 7) is 0. The number of furan rings is 1. The van der Waals surface area contributed by atoms with Crippen LogP contribution in [0.2, 0.25) is 5.02 Å². The van der Waals surface area contributed by atoms with E-state index in [-0.39, 0.29) is 5.75 Å². The Kier molecular flexibility index (Phi) is 1.79. The number of aromatic hydroxyl groups is 1. The molecule has 2 aromatic carbocycles. The molecule has 3 nitrogen and oxygen atoms in total. The molecule has 3 N–H and O–H groups in total. The Labute approximate surface area is 96.0 Å². The van der Waals surface area contributed by atoms with Crippen LogP contribution in [0.4, 0.5) is 5.69 Å². The molecule has 1 aromatic heterocycles. The number of nitrogens with two attached hydrogens (primary N) is 1. The van der Waals surface area contributed by atoms with Gasteiger partial charge in [0.05, 0.1) is 5.69 Å². The molecule has 0 fully saturated rings. The van der Waals surface area contributed by atoms with Gasteiger partial charge in [-0.15, -0.1) is 0 Å². The summed E-state index contributed by atoms with van der Waals surface area (Å²) in [5, 5.41) is 12.1. The molecule has 0 aliphatic carbocycles. The third kappa shape index (κ3) is 1.15. The highest BCUT2D eigenvalue weighted by Crippen LogP contribution is 2.37. The summed E-state index contributed by atoms with van der Waals surface area (Å²) in [7, 11) is 0. The quantitative estimate of drug-likeness (QED) is 0.461. The molecule has 0 aliphatic heterocycles. The van der Waals surface area contributed by atoms with Gasteiger partial charge < -0.3 is 15.3 Å². The van der Waals surface area contributed by atoms with Crippen molar-refractivity contribution in [2.45, 2.75) is 0 Å². The van der Waals surface area contributed by atoms with Gasteiger partial charge in [-0.25, -0.2) is 0 Å². The molecule has 0 atom stereocenters. The number of nitrogen functional groups attached to an aromatic ring is 1. The zero-order valence-corrected chi connectivity index (χ0v) is 8.95. The zero-order valence-electron chi connectivity index (χ0n) is 8.20. The van der Waals surface area contributed by atoms with Gasteiger partial charge in [-0.3, -0.25) is 0 Å². The average Bonchev–Trinajstić information content (AvgIpc) is 2.62.